The summed E-state index contributed by atoms with van der Waals surface area (Å²) >= 11 is 0. The topological polar surface area (TPSA) is 60.4 Å². The van der Waals surface area contributed by atoms with E-state index in [0.717, 1.165) is 16.3 Å². The van der Waals surface area contributed by atoms with Gasteiger partial charge in [0.1, 0.15) is 5.76 Å². The van der Waals surface area contributed by atoms with Gasteiger partial charge in [-0.1, -0.05) is 48.5 Å². The van der Waals surface area contributed by atoms with Crippen molar-refractivity contribution in [2.24, 2.45) is 5.92 Å². The summed E-state index contributed by atoms with van der Waals surface area (Å²) in [5, 5.41) is 2.04. The zero-order valence-corrected chi connectivity index (χ0v) is 12.5. The Morgan fingerprint density at radius 2 is 1.83 bits per heavy atom. The second-order valence-electron chi connectivity index (χ2n) is 5.32. The number of carbonyl (C=O) groups excluding carboxylic acids is 3. The van der Waals surface area contributed by atoms with Gasteiger partial charge < -0.3 is 4.74 Å². The highest BCUT2D eigenvalue weighted by molar-refractivity contribution is 6.25. The van der Waals surface area contributed by atoms with Gasteiger partial charge in [-0.2, -0.15) is 0 Å². The van der Waals surface area contributed by atoms with Crippen LogP contribution in [0, 0.1) is 5.92 Å². The lowest BCUT2D eigenvalue weighted by molar-refractivity contribution is -0.151. The van der Waals surface area contributed by atoms with Gasteiger partial charge in [0.25, 0.3) is 0 Å². The molecule has 3 rings (SSSR count). The molecule has 1 unspecified atom stereocenters. The van der Waals surface area contributed by atoms with E-state index < -0.39 is 23.5 Å². The van der Waals surface area contributed by atoms with Gasteiger partial charge in [0, 0.05) is 6.08 Å². The number of hydrogen-bond donors (Lipinski definition) is 0. The molecule has 0 saturated carbocycles. The summed E-state index contributed by atoms with van der Waals surface area (Å²) in [4.78, 5) is 35.8. The lowest BCUT2D eigenvalue weighted by Gasteiger charge is -2.15. The lowest BCUT2D eigenvalue weighted by Crippen LogP contribution is -2.34. The fourth-order valence-corrected chi connectivity index (χ4v) is 2.57. The zero-order valence-electron chi connectivity index (χ0n) is 12.5. The molecule has 114 valence electrons. The quantitative estimate of drug-likeness (QED) is 0.497. The van der Waals surface area contributed by atoms with Crippen molar-refractivity contribution < 1.29 is 19.1 Å². The van der Waals surface area contributed by atoms with E-state index >= 15 is 0 Å². The maximum absolute atomic E-state index is 12.2. The molecule has 0 spiro atoms. The van der Waals surface area contributed by atoms with Gasteiger partial charge in [-0.05, 0) is 29.3 Å². The minimum absolute atomic E-state index is 0.210. The normalized spacial score (nSPS) is 18.1. The van der Waals surface area contributed by atoms with Gasteiger partial charge in [-0.3, -0.25) is 14.4 Å². The number of cyclic esters (lactones) is 1. The van der Waals surface area contributed by atoms with Crippen LogP contribution in [-0.4, -0.2) is 17.5 Å². The molecule has 0 amide bonds. The van der Waals surface area contributed by atoms with Gasteiger partial charge in [-0.15, -0.1) is 0 Å². The summed E-state index contributed by atoms with van der Waals surface area (Å²) in [6.07, 6.45) is 4.06. The molecule has 1 aliphatic heterocycles. The van der Waals surface area contributed by atoms with Crippen LogP contribution in [0.25, 0.3) is 16.8 Å². The first-order valence-corrected chi connectivity index (χ1v) is 7.20. The third kappa shape index (κ3) is 2.97. The number of esters is 1. The van der Waals surface area contributed by atoms with Crippen molar-refractivity contribution in [1.29, 1.82) is 0 Å². The number of allylic oxidation sites excluding steroid dienone is 3. The molecule has 0 aromatic heterocycles. The van der Waals surface area contributed by atoms with Crippen LogP contribution in [-0.2, 0) is 19.1 Å². The third-order valence-electron chi connectivity index (χ3n) is 3.66. The Labute approximate surface area is 133 Å². The van der Waals surface area contributed by atoms with E-state index in [9.17, 15) is 14.4 Å². The molecule has 0 aliphatic carbocycles. The van der Waals surface area contributed by atoms with Crippen molar-refractivity contribution in [2.75, 3.05) is 0 Å². The Bertz CT molecular complexity index is 869. The van der Waals surface area contributed by atoms with Crippen LogP contribution in [0.4, 0.5) is 0 Å². The number of ketones is 2. The molecule has 1 aliphatic rings. The molecule has 0 N–H and O–H groups in total. The number of rotatable bonds is 3. The summed E-state index contributed by atoms with van der Waals surface area (Å²) < 4.78 is 4.86. The number of carbonyl (C=O) groups is 3. The third-order valence-corrected chi connectivity index (χ3v) is 3.66. The molecule has 0 bridgehead atoms. The lowest BCUT2D eigenvalue weighted by atomic mass is 9.95. The fourth-order valence-electron chi connectivity index (χ4n) is 2.57. The summed E-state index contributed by atoms with van der Waals surface area (Å²) in [6.45, 7) is 1.50. The van der Waals surface area contributed by atoms with Gasteiger partial charge >= 0.3 is 5.97 Å². The molecule has 0 fully saturated rings. The zero-order chi connectivity index (χ0) is 16.4. The van der Waals surface area contributed by atoms with Crippen molar-refractivity contribution >= 4 is 34.4 Å². The van der Waals surface area contributed by atoms with Gasteiger partial charge in [0.2, 0.25) is 0 Å². The Morgan fingerprint density at radius 3 is 2.61 bits per heavy atom. The average molecular weight is 306 g/mol. The Kier molecular flexibility index (Phi) is 3.89. The molecule has 2 aromatic rings. The molecule has 4 nitrogen and oxygen atoms in total. The highest BCUT2D eigenvalue weighted by Gasteiger charge is 2.36. The largest absolute Gasteiger partial charge is 0.430 e. The minimum atomic E-state index is -1.40. The van der Waals surface area contributed by atoms with Crippen molar-refractivity contribution in [2.45, 2.75) is 6.92 Å². The SMILES string of the molecule is CC1=CC(=O)C(C(=O)/C=C/c2cccc3ccccc23)C(=O)O1. The maximum atomic E-state index is 12.2. The van der Waals surface area contributed by atoms with Crippen LogP contribution >= 0.6 is 0 Å². The maximum Gasteiger partial charge on any atom is 0.329 e. The molecule has 4 heteroatoms. The van der Waals surface area contributed by atoms with Gasteiger partial charge in [0.15, 0.2) is 17.5 Å². The van der Waals surface area contributed by atoms with E-state index in [4.69, 9.17) is 4.74 Å². The fraction of sp³-hybridized carbons (Fsp3) is 0.105. The standard InChI is InChI=1S/C19H14O4/c1-12-11-17(21)18(19(22)23-12)16(20)10-9-14-7-4-6-13-5-2-3-8-15(13)14/h2-11,18H,1H3/b10-9+. The van der Waals surface area contributed by atoms with Crippen LogP contribution in [0.5, 0.6) is 0 Å². The highest BCUT2D eigenvalue weighted by Crippen LogP contribution is 2.21. The molecule has 1 heterocycles. The Hall–Kier alpha value is -3.01. The first-order valence-electron chi connectivity index (χ1n) is 7.20. The summed E-state index contributed by atoms with van der Waals surface area (Å²) in [6, 6.07) is 13.5. The molecule has 23 heavy (non-hydrogen) atoms. The highest BCUT2D eigenvalue weighted by atomic mass is 16.5. The van der Waals surface area contributed by atoms with Crippen molar-refractivity contribution in [3.05, 3.63) is 65.9 Å². The summed E-state index contributed by atoms with van der Waals surface area (Å²) in [7, 11) is 0. The summed E-state index contributed by atoms with van der Waals surface area (Å²) in [5.41, 5.74) is 0.847. The first kappa shape index (κ1) is 14.9. The van der Waals surface area contributed by atoms with Crippen molar-refractivity contribution in [1.82, 2.24) is 0 Å². The molecular weight excluding hydrogens is 292 g/mol. The van der Waals surface area contributed by atoms with Crippen LogP contribution in [0.3, 0.4) is 0 Å². The van der Waals surface area contributed by atoms with Crippen LogP contribution in [0.1, 0.15) is 12.5 Å². The molecule has 0 radical (unpaired) electrons. The second kappa shape index (κ2) is 6.01. The van der Waals surface area contributed by atoms with E-state index in [2.05, 4.69) is 0 Å². The molecule has 1 atom stereocenters. The second-order valence-corrected chi connectivity index (χ2v) is 5.32. The van der Waals surface area contributed by atoms with Gasteiger partial charge in [0.05, 0.1) is 0 Å². The van der Waals surface area contributed by atoms with E-state index in [1.807, 2.05) is 42.5 Å². The minimum Gasteiger partial charge on any atom is -0.430 e. The monoisotopic (exact) mass is 306 g/mol. The Morgan fingerprint density at radius 1 is 1.09 bits per heavy atom. The van der Waals surface area contributed by atoms with Gasteiger partial charge in [-0.25, -0.2) is 0 Å². The molecule has 2 aromatic carbocycles. The summed E-state index contributed by atoms with van der Waals surface area (Å²) in [5.74, 6) is -3.11. The number of hydrogen-bond acceptors (Lipinski definition) is 4. The average Bonchev–Trinajstić information content (AvgIpc) is 2.52. The van der Waals surface area contributed by atoms with E-state index in [-0.39, 0.29) is 5.76 Å². The van der Waals surface area contributed by atoms with Crippen LogP contribution in [0.2, 0.25) is 0 Å². The number of ether oxygens (including phenoxy) is 1. The first-order chi connectivity index (χ1) is 11.1. The Balaban J connectivity index is 1.89. The molecule has 0 saturated heterocycles. The predicted molar refractivity (Wildman–Crippen MR) is 86.3 cm³/mol. The smallest absolute Gasteiger partial charge is 0.329 e. The number of fused-ring (bicyclic) bond motifs is 1. The van der Waals surface area contributed by atoms with Crippen molar-refractivity contribution in [3.63, 3.8) is 0 Å². The van der Waals surface area contributed by atoms with E-state index in [1.165, 1.54) is 19.1 Å². The van der Waals surface area contributed by atoms with E-state index in [0.29, 0.717) is 0 Å². The van der Waals surface area contributed by atoms with Crippen LogP contribution < -0.4 is 0 Å². The van der Waals surface area contributed by atoms with Crippen LogP contribution in [0.15, 0.2) is 60.4 Å². The molecular formula is C19H14O4. The van der Waals surface area contributed by atoms with E-state index in [1.54, 1.807) is 6.08 Å². The number of benzene rings is 2. The predicted octanol–water partition coefficient (Wildman–Crippen LogP) is 3.07. The van der Waals surface area contributed by atoms with Crippen molar-refractivity contribution in [3.8, 4) is 0 Å².